The summed E-state index contributed by atoms with van der Waals surface area (Å²) in [6.07, 6.45) is -2.90. The molecule has 34 heavy (non-hydrogen) atoms. The van der Waals surface area contributed by atoms with Crippen LogP contribution in [0.1, 0.15) is 5.56 Å². The Balaban J connectivity index is 1.78. The summed E-state index contributed by atoms with van der Waals surface area (Å²) in [6.45, 7) is 4.11. The van der Waals surface area contributed by atoms with Gasteiger partial charge in [0.15, 0.2) is 22.5 Å². The number of hydrogen-bond acceptors (Lipinski definition) is 6. The zero-order valence-corrected chi connectivity index (χ0v) is 19.7. The monoisotopic (exact) mass is 512 g/mol. The molecule has 12 heteroatoms. The van der Waals surface area contributed by atoms with E-state index in [0.717, 1.165) is 30.0 Å². The van der Waals surface area contributed by atoms with Crippen molar-refractivity contribution < 1.29 is 27.4 Å². The number of carbonyl (C=O) groups excluding carboxylic acids is 1. The molecule has 0 saturated carbocycles. The molecule has 0 saturated heterocycles. The van der Waals surface area contributed by atoms with Crippen LogP contribution in [0.3, 0.4) is 0 Å². The minimum absolute atomic E-state index is 0.00286. The van der Waals surface area contributed by atoms with Crippen LogP contribution in [-0.4, -0.2) is 40.6 Å². The van der Waals surface area contributed by atoms with Crippen LogP contribution in [0.15, 0.2) is 54.2 Å². The van der Waals surface area contributed by atoms with Crippen molar-refractivity contribution in [2.75, 3.05) is 25.3 Å². The van der Waals surface area contributed by atoms with Crippen molar-refractivity contribution in [2.45, 2.75) is 17.9 Å². The number of aromatic nitrogens is 3. The Morgan fingerprint density at radius 2 is 1.91 bits per heavy atom. The van der Waals surface area contributed by atoms with Crippen LogP contribution in [0.2, 0.25) is 5.02 Å². The summed E-state index contributed by atoms with van der Waals surface area (Å²) in [7, 11) is 3.05. The van der Waals surface area contributed by atoms with Crippen LogP contribution < -0.4 is 14.8 Å². The van der Waals surface area contributed by atoms with Gasteiger partial charge in [-0.25, -0.2) is 0 Å². The normalized spacial score (nSPS) is 11.2. The van der Waals surface area contributed by atoms with Crippen molar-refractivity contribution in [1.82, 2.24) is 14.8 Å². The van der Waals surface area contributed by atoms with Crippen molar-refractivity contribution in [1.29, 1.82) is 0 Å². The Hall–Kier alpha value is -3.18. The first-order valence-electron chi connectivity index (χ1n) is 9.73. The highest BCUT2D eigenvalue weighted by molar-refractivity contribution is 7.99. The Morgan fingerprint density at radius 3 is 2.56 bits per heavy atom. The fourth-order valence-electron chi connectivity index (χ4n) is 2.99. The van der Waals surface area contributed by atoms with Gasteiger partial charge in [-0.3, -0.25) is 9.36 Å². The van der Waals surface area contributed by atoms with Crippen LogP contribution in [0.25, 0.3) is 11.4 Å². The Bertz CT molecular complexity index is 1200. The first-order valence-corrected chi connectivity index (χ1v) is 11.1. The molecule has 0 atom stereocenters. The smallest absolute Gasteiger partial charge is 0.416 e. The SMILES string of the molecule is C=CCn1c(SCC(=O)Nc2cc(C(F)(F)F)ccc2Cl)nnc1-c1ccc(OC)c(OC)c1. The molecule has 0 aliphatic rings. The zero-order chi connectivity index (χ0) is 24.9. The van der Waals surface area contributed by atoms with Crippen molar-refractivity contribution in [2.24, 2.45) is 0 Å². The summed E-state index contributed by atoms with van der Waals surface area (Å²) in [6, 6.07) is 8.00. The van der Waals surface area contributed by atoms with E-state index < -0.39 is 17.6 Å². The maximum Gasteiger partial charge on any atom is 0.416 e. The molecule has 0 radical (unpaired) electrons. The van der Waals surface area contributed by atoms with Gasteiger partial charge in [-0.15, -0.1) is 16.8 Å². The summed E-state index contributed by atoms with van der Waals surface area (Å²) in [4.78, 5) is 12.4. The van der Waals surface area contributed by atoms with E-state index in [1.54, 1.807) is 28.8 Å². The molecule has 0 spiro atoms. The fourth-order valence-corrected chi connectivity index (χ4v) is 3.90. The number of alkyl halides is 3. The second-order valence-corrected chi connectivity index (χ2v) is 8.15. The van der Waals surface area contributed by atoms with Crippen LogP contribution in [-0.2, 0) is 17.5 Å². The fraction of sp³-hybridized carbons (Fsp3) is 0.227. The highest BCUT2D eigenvalue weighted by Gasteiger charge is 2.31. The Labute approximate surface area is 202 Å². The minimum Gasteiger partial charge on any atom is -0.493 e. The first-order chi connectivity index (χ1) is 16.2. The highest BCUT2D eigenvalue weighted by atomic mass is 35.5. The van der Waals surface area contributed by atoms with Gasteiger partial charge in [0.2, 0.25) is 5.91 Å². The van der Waals surface area contributed by atoms with Gasteiger partial charge >= 0.3 is 6.18 Å². The number of carbonyl (C=O) groups is 1. The second kappa shape index (κ2) is 10.8. The van der Waals surface area contributed by atoms with Crippen LogP contribution >= 0.6 is 23.4 Å². The van der Waals surface area contributed by atoms with Crippen LogP contribution in [0.5, 0.6) is 11.5 Å². The van der Waals surface area contributed by atoms with E-state index in [0.29, 0.717) is 34.6 Å². The molecule has 7 nitrogen and oxygen atoms in total. The molecule has 2 aromatic carbocycles. The molecule has 0 aliphatic heterocycles. The van der Waals surface area contributed by atoms with E-state index in [9.17, 15) is 18.0 Å². The van der Waals surface area contributed by atoms with Gasteiger partial charge in [0.05, 0.1) is 36.2 Å². The number of amides is 1. The van der Waals surface area contributed by atoms with E-state index in [2.05, 4.69) is 22.1 Å². The standard InChI is InChI=1S/C22H20ClF3N4O3S/c1-4-9-30-20(13-5-8-17(32-2)18(10-13)33-3)28-29-21(30)34-12-19(31)27-16-11-14(22(24,25)26)6-7-15(16)23/h4-8,10-11H,1,9,12H2,2-3H3,(H,27,31). The minimum atomic E-state index is -4.56. The van der Waals surface area contributed by atoms with E-state index in [4.69, 9.17) is 21.1 Å². The topological polar surface area (TPSA) is 78.3 Å². The number of nitrogens with one attached hydrogen (secondary N) is 1. The van der Waals surface area contributed by atoms with Gasteiger partial charge in [0.1, 0.15) is 0 Å². The third-order valence-electron chi connectivity index (χ3n) is 4.57. The largest absolute Gasteiger partial charge is 0.493 e. The second-order valence-electron chi connectivity index (χ2n) is 6.80. The quantitative estimate of drug-likeness (QED) is 0.299. The lowest BCUT2D eigenvalue weighted by Crippen LogP contribution is -2.16. The first kappa shape index (κ1) is 25.4. The number of benzene rings is 2. The average Bonchev–Trinajstić information content (AvgIpc) is 3.20. The maximum atomic E-state index is 13.0. The third-order valence-corrected chi connectivity index (χ3v) is 5.87. The summed E-state index contributed by atoms with van der Waals surface area (Å²) in [5.74, 6) is 0.908. The summed E-state index contributed by atoms with van der Waals surface area (Å²) >= 11 is 7.02. The molecular formula is C22H20ClF3N4O3S. The van der Waals surface area contributed by atoms with Crippen molar-refractivity contribution >= 4 is 35.0 Å². The van der Waals surface area contributed by atoms with E-state index in [1.165, 1.54) is 14.2 Å². The lowest BCUT2D eigenvalue weighted by Gasteiger charge is -2.12. The molecular weight excluding hydrogens is 493 g/mol. The maximum absolute atomic E-state index is 13.0. The number of thioether (sulfide) groups is 1. The van der Waals surface area contributed by atoms with Crippen molar-refractivity contribution in [3.8, 4) is 22.9 Å². The number of nitrogens with zero attached hydrogens (tertiary/aromatic N) is 3. The molecule has 3 rings (SSSR count). The number of hydrogen-bond donors (Lipinski definition) is 1. The number of halogens is 4. The molecule has 1 aromatic heterocycles. The summed E-state index contributed by atoms with van der Waals surface area (Å²) < 4.78 is 51.2. The van der Waals surface area contributed by atoms with Gasteiger partial charge in [-0.1, -0.05) is 29.4 Å². The van der Waals surface area contributed by atoms with Crippen molar-refractivity contribution in [3.05, 3.63) is 59.6 Å². The molecule has 0 aliphatic carbocycles. The third kappa shape index (κ3) is 5.84. The van der Waals surface area contributed by atoms with Gasteiger partial charge in [-0.2, -0.15) is 13.2 Å². The van der Waals surface area contributed by atoms with Crippen LogP contribution in [0.4, 0.5) is 18.9 Å². The molecule has 180 valence electrons. The lowest BCUT2D eigenvalue weighted by molar-refractivity contribution is -0.137. The summed E-state index contributed by atoms with van der Waals surface area (Å²) in [5.41, 5.74) is -0.329. The molecule has 1 heterocycles. The number of allylic oxidation sites excluding steroid dienone is 1. The predicted octanol–water partition coefficient (Wildman–Crippen LogP) is 5.55. The van der Waals surface area contributed by atoms with E-state index in [-0.39, 0.29) is 16.5 Å². The Kier molecular flexibility index (Phi) is 8.11. The predicted molar refractivity (Wildman–Crippen MR) is 125 cm³/mol. The molecule has 0 bridgehead atoms. The van der Waals surface area contributed by atoms with E-state index >= 15 is 0 Å². The van der Waals surface area contributed by atoms with Crippen LogP contribution in [0, 0.1) is 0 Å². The zero-order valence-electron chi connectivity index (χ0n) is 18.1. The molecule has 3 aromatic rings. The number of rotatable bonds is 9. The average molecular weight is 513 g/mol. The molecule has 0 unspecified atom stereocenters. The number of anilines is 1. The molecule has 0 fully saturated rings. The summed E-state index contributed by atoms with van der Waals surface area (Å²) in [5, 5.41) is 11.2. The Morgan fingerprint density at radius 1 is 1.18 bits per heavy atom. The number of methoxy groups -OCH3 is 2. The lowest BCUT2D eigenvalue weighted by atomic mass is 10.2. The van der Waals surface area contributed by atoms with Gasteiger partial charge in [0.25, 0.3) is 0 Å². The highest BCUT2D eigenvalue weighted by Crippen LogP contribution is 2.35. The van der Waals surface area contributed by atoms with Crippen molar-refractivity contribution in [3.63, 3.8) is 0 Å². The molecule has 1 amide bonds. The molecule has 1 N–H and O–H groups in total. The van der Waals surface area contributed by atoms with Gasteiger partial charge < -0.3 is 14.8 Å². The number of ether oxygens (including phenoxy) is 2. The van der Waals surface area contributed by atoms with E-state index in [1.807, 2.05) is 0 Å². The van der Waals surface area contributed by atoms with Gasteiger partial charge in [0, 0.05) is 12.1 Å². The van der Waals surface area contributed by atoms with Gasteiger partial charge in [-0.05, 0) is 36.4 Å².